The standard InChI is InChI=1S/C26H22BrF6NO2/c27-14-23(35)34-22(24(18-7-3-1-4-8-18)19-9-5-2-6-10-19)16-36-15-17-11-20(25(28,29)30)13-21(12-17)26(31,32)33/h1-13,22,24H,14-16H2,(H,34,35). The van der Waals surface area contributed by atoms with Crippen molar-refractivity contribution in [3.63, 3.8) is 0 Å². The maximum absolute atomic E-state index is 13.2. The first-order chi connectivity index (χ1) is 17.0. The molecule has 1 N–H and O–H groups in total. The molecule has 0 aliphatic rings. The zero-order valence-electron chi connectivity index (χ0n) is 18.7. The van der Waals surface area contributed by atoms with Crippen LogP contribution >= 0.6 is 15.9 Å². The third kappa shape index (κ3) is 7.57. The van der Waals surface area contributed by atoms with Gasteiger partial charge < -0.3 is 10.1 Å². The molecule has 0 fully saturated rings. The number of ether oxygens (including phenoxy) is 1. The van der Waals surface area contributed by atoms with Crippen molar-refractivity contribution in [3.05, 3.63) is 107 Å². The van der Waals surface area contributed by atoms with Crippen LogP contribution in [0.5, 0.6) is 0 Å². The van der Waals surface area contributed by atoms with E-state index in [0.29, 0.717) is 12.1 Å². The van der Waals surface area contributed by atoms with E-state index in [2.05, 4.69) is 21.2 Å². The number of amides is 1. The molecule has 10 heteroatoms. The minimum atomic E-state index is -4.95. The molecule has 0 radical (unpaired) electrons. The SMILES string of the molecule is O=C(CBr)NC(COCc1cc(C(F)(F)F)cc(C(F)(F)F)c1)C(c1ccccc1)c1ccccc1. The minimum absolute atomic E-state index is 0.00235. The Balaban J connectivity index is 1.89. The van der Waals surface area contributed by atoms with Crippen molar-refractivity contribution in [3.8, 4) is 0 Å². The van der Waals surface area contributed by atoms with E-state index < -0.39 is 36.1 Å². The highest BCUT2D eigenvalue weighted by atomic mass is 79.9. The molecule has 0 heterocycles. The van der Waals surface area contributed by atoms with Crippen molar-refractivity contribution in [1.82, 2.24) is 5.32 Å². The van der Waals surface area contributed by atoms with E-state index in [0.717, 1.165) is 11.1 Å². The van der Waals surface area contributed by atoms with Gasteiger partial charge in [-0.05, 0) is 34.9 Å². The molecular weight excluding hydrogens is 552 g/mol. The first kappa shape index (κ1) is 27.7. The van der Waals surface area contributed by atoms with Crippen LogP contribution in [0.3, 0.4) is 0 Å². The van der Waals surface area contributed by atoms with Gasteiger partial charge in [0.05, 0.1) is 35.7 Å². The Kier molecular flexibility index (Phi) is 9.19. The van der Waals surface area contributed by atoms with Crippen LogP contribution in [-0.4, -0.2) is 23.9 Å². The van der Waals surface area contributed by atoms with Crippen LogP contribution < -0.4 is 5.32 Å². The molecule has 0 saturated carbocycles. The lowest BCUT2D eigenvalue weighted by atomic mass is 9.85. The summed E-state index contributed by atoms with van der Waals surface area (Å²) < 4.78 is 84.8. The molecular formula is C26H22BrF6NO2. The van der Waals surface area contributed by atoms with Gasteiger partial charge in [-0.25, -0.2) is 0 Å². The molecule has 0 aromatic heterocycles. The molecule has 0 bridgehead atoms. The molecule has 1 unspecified atom stereocenters. The second-order valence-corrected chi connectivity index (χ2v) is 8.60. The van der Waals surface area contributed by atoms with Crippen molar-refractivity contribution >= 4 is 21.8 Å². The van der Waals surface area contributed by atoms with E-state index in [1.54, 1.807) is 0 Å². The second-order valence-electron chi connectivity index (χ2n) is 8.04. The fourth-order valence-electron chi connectivity index (χ4n) is 3.85. The van der Waals surface area contributed by atoms with Crippen molar-refractivity contribution in [2.45, 2.75) is 30.9 Å². The van der Waals surface area contributed by atoms with Gasteiger partial charge in [0.25, 0.3) is 0 Å². The Bertz CT molecular complexity index is 1060. The molecule has 0 aliphatic carbocycles. The molecule has 1 amide bonds. The van der Waals surface area contributed by atoms with Crippen molar-refractivity contribution < 1.29 is 35.9 Å². The maximum Gasteiger partial charge on any atom is 0.416 e. The number of carbonyl (C=O) groups is 1. The number of benzene rings is 3. The van der Waals surface area contributed by atoms with Gasteiger partial charge in [0, 0.05) is 5.92 Å². The Labute approximate surface area is 212 Å². The quantitative estimate of drug-likeness (QED) is 0.222. The van der Waals surface area contributed by atoms with Gasteiger partial charge in [-0.1, -0.05) is 76.6 Å². The lowest BCUT2D eigenvalue weighted by Gasteiger charge is -2.29. The summed E-state index contributed by atoms with van der Waals surface area (Å²) in [6, 6.07) is 19.1. The second kappa shape index (κ2) is 11.9. The van der Waals surface area contributed by atoms with Crippen molar-refractivity contribution in [2.24, 2.45) is 0 Å². The monoisotopic (exact) mass is 573 g/mol. The highest BCUT2D eigenvalue weighted by molar-refractivity contribution is 9.09. The largest absolute Gasteiger partial charge is 0.416 e. The van der Waals surface area contributed by atoms with Crippen LogP contribution in [-0.2, 0) is 28.5 Å². The summed E-state index contributed by atoms with van der Waals surface area (Å²) in [7, 11) is 0. The van der Waals surface area contributed by atoms with Gasteiger partial charge in [-0.2, -0.15) is 26.3 Å². The molecule has 3 aromatic carbocycles. The van der Waals surface area contributed by atoms with Crippen LogP contribution in [0, 0.1) is 0 Å². The Morgan fingerprint density at radius 2 is 1.28 bits per heavy atom. The third-order valence-electron chi connectivity index (χ3n) is 5.40. The van der Waals surface area contributed by atoms with E-state index >= 15 is 0 Å². The predicted molar refractivity (Wildman–Crippen MR) is 127 cm³/mol. The fraction of sp³-hybridized carbons (Fsp3) is 0.269. The molecule has 0 spiro atoms. The normalized spacial score (nSPS) is 13.0. The van der Waals surface area contributed by atoms with Crippen molar-refractivity contribution in [2.75, 3.05) is 11.9 Å². The predicted octanol–water partition coefficient (Wildman–Crippen LogP) is 6.95. The van der Waals surface area contributed by atoms with Crippen LogP contribution in [0.1, 0.15) is 33.7 Å². The Hall–Kier alpha value is -2.85. The van der Waals surface area contributed by atoms with E-state index in [9.17, 15) is 31.1 Å². The maximum atomic E-state index is 13.2. The van der Waals surface area contributed by atoms with Crippen LogP contribution in [0.15, 0.2) is 78.9 Å². The van der Waals surface area contributed by atoms with Gasteiger partial charge in [-0.15, -0.1) is 0 Å². The Morgan fingerprint density at radius 3 is 1.69 bits per heavy atom. The first-order valence-electron chi connectivity index (χ1n) is 10.8. The number of hydrogen-bond donors (Lipinski definition) is 1. The van der Waals surface area contributed by atoms with Crippen LogP contribution in [0.2, 0.25) is 0 Å². The summed E-state index contributed by atoms with van der Waals surface area (Å²) in [5, 5.41) is 2.85. The van der Waals surface area contributed by atoms with Crippen LogP contribution in [0.25, 0.3) is 0 Å². The number of rotatable bonds is 9. The van der Waals surface area contributed by atoms with Crippen molar-refractivity contribution in [1.29, 1.82) is 0 Å². The number of halogens is 7. The van der Waals surface area contributed by atoms with Gasteiger partial charge in [0.2, 0.25) is 5.91 Å². The van der Waals surface area contributed by atoms with E-state index in [-0.39, 0.29) is 35.4 Å². The summed E-state index contributed by atoms with van der Waals surface area (Å²) in [6.45, 7) is -0.672. The third-order valence-corrected chi connectivity index (χ3v) is 5.91. The fourth-order valence-corrected chi connectivity index (χ4v) is 4.01. The highest BCUT2D eigenvalue weighted by Crippen LogP contribution is 2.36. The molecule has 3 rings (SSSR count). The lowest BCUT2D eigenvalue weighted by molar-refractivity contribution is -0.143. The molecule has 0 aliphatic heterocycles. The van der Waals surface area contributed by atoms with Gasteiger partial charge in [0.1, 0.15) is 0 Å². The highest BCUT2D eigenvalue weighted by Gasteiger charge is 2.37. The number of hydrogen-bond acceptors (Lipinski definition) is 2. The molecule has 0 saturated heterocycles. The summed E-state index contributed by atoms with van der Waals surface area (Å²) >= 11 is 3.10. The van der Waals surface area contributed by atoms with Crippen LogP contribution in [0.4, 0.5) is 26.3 Å². The molecule has 3 nitrogen and oxygen atoms in total. The molecule has 3 aromatic rings. The Morgan fingerprint density at radius 1 is 0.806 bits per heavy atom. The van der Waals surface area contributed by atoms with Gasteiger partial charge >= 0.3 is 12.4 Å². The summed E-state index contributed by atoms with van der Waals surface area (Å²) in [5.41, 5.74) is -1.40. The average Bonchev–Trinajstić information content (AvgIpc) is 2.84. The molecule has 36 heavy (non-hydrogen) atoms. The summed E-state index contributed by atoms with van der Waals surface area (Å²) in [6.07, 6.45) is -9.90. The van der Waals surface area contributed by atoms with Gasteiger partial charge in [-0.3, -0.25) is 4.79 Å². The summed E-state index contributed by atoms with van der Waals surface area (Å²) in [4.78, 5) is 12.3. The number of alkyl halides is 7. The smallest absolute Gasteiger partial charge is 0.375 e. The molecule has 1 atom stereocenters. The van der Waals surface area contributed by atoms with E-state index in [4.69, 9.17) is 4.74 Å². The molecule has 192 valence electrons. The minimum Gasteiger partial charge on any atom is -0.375 e. The summed E-state index contributed by atoms with van der Waals surface area (Å²) in [5.74, 6) is -0.735. The van der Waals surface area contributed by atoms with E-state index in [1.807, 2.05) is 60.7 Å². The van der Waals surface area contributed by atoms with Gasteiger partial charge in [0.15, 0.2) is 0 Å². The van der Waals surface area contributed by atoms with E-state index in [1.165, 1.54) is 0 Å². The zero-order valence-corrected chi connectivity index (χ0v) is 20.3. The number of nitrogens with one attached hydrogen (secondary N) is 1. The zero-order chi connectivity index (χ0) is 26.3. The topological polar surface area (TPSA) is 38.3 Å². The first-order valence-corrected chi connectivity index (χ1v) is 11.9. The average molecular weight is 574 g/mol. The number of carbonyl (C=O) groups excluding carboxylic acids is 1. The lowest BCUT2D eigenvalue weighted by Crippen LogP contribution is -2.43.